The molecule has 0 radical (unpaired) electrons. The Kier molecular flexibility index (Phi) is 5.35. The first-order valence-electron chi connectivity index (χ1n) is 9.02. The summed E-state index contributed by atoms with van der Waals surface area (Å²) in [6.07, 6.45) is 6.05. The van der Waals surface area contributed by atoms with Crippen LogP contribution in [-0.2, 0) is 16.0 Å². The van der Waals surface area contributed by atoms with Crippen molar-refractivity contribution in [1.29, 1.82) is 0 Å². The van der Waals surface area contributed by atoms with Crippen LogP contribution in [0, 0.1) is 5.92 Å². The van der Waals surface area contributed by atoms with Crippen molar-refractivity contribution in [2.75, 3.05) is 18.0 Å². The summed E-state index contributed by atoms with van der Waals surface area (Å²) in [7, 11) is 0. The zero-order chi connectivity index (χ0) is 16.7. The molecule has 136 valence electrons. The Morgan fingerprint density at radius 2 is 1.92 bits per heavy atom. The maximum atomic E-state index is 12.9. The predicted molar refractivity (Wildman–Crippen MR) is 98.2 cm³/mol. The molecular formula is C19H25ClN2O3. The molecule has 1 amide bonds. The van der Waals surface area contributed by atoms with Gasteiger partial charge < -0.3 is 10.0 Å². The minimum absolute atomic E-state index is 0. The third kappa shape index (κ3) is 3.27. The fraction of sp³-hybridized carbons (Fsp3) is 0.579. The number of carbonyl (C=O) groups excluding carboxylic acids is 1. The quantitative estimate of drug-likeness (QED) is 0.895. The minimum Gasteiger partial charge on any atom is -0.480 e. The van der Waals surface area contributed by atoms with E-state index in [1.165, 1.54) is 12.0 Å². The second-order valence-electron chi connectivity index (χ2n) is 7.30. The predicted octanol–water partition coefficient (Wildman–Crippen LogP) is 2.72. The maximum absolute atomic E-state index is 12.9. The van der Waals surface area contributed by atoms with E-state index in [9.17, 15) is 14.7 Å². The van der Waals surface area contributed by atoms with Gasteiger partial charge in [0.2, 0.25) is 5.91 Å². The van der Waals surface area contributed by atoms with E-state index in [0.717, 1.165) is 31.4 Å². The summed E-state index contributed by atoms with van der Waals surface area (Å²) in [6.45, 7) is 0.935. The first-order valence-corrected chi connectivity index (χ1v) is 9.02. The number of para-hydroxylation sites is 1. The van der Waals surface area contributed by atoms with Gasteiger partial charge in [-0.1, -0.05) is 31.0 Å². The molecule has 6 heteroatoms. The van der Waals surface area contributed by atoms with Gasteiger partial charge in [0, 0.05) is 18.3 Å². The van der Waals surface area contributed by atoms with Crippen molar-refractivity contribution in [3.8, 4) is 0 Å². The Labute approximate surface area is 154 Å². The van der Waals surface area contributed by atoms with Crippen LogP contribution in [-0.4, -0.2) is 47.1 Å². The molecule has 1 saturated carbocycles. The smallest absolute Gasteiger partial charge is 0.320 e. The average Bonchev–Trinajstić information content (AvgIpc) is 3.17. The van der Waals surface area contributed by atoms with E-state index in [0.29, 0.717) is 18.9 Å². The van der Waals surface area contributed by atoms with Gasteiger partial charge in [0.1, 0.15) is 6.04 Å². The second-order valence-corrected chi connectivity index (χ2v) is 7.30. The van der Waals surface area contributed by atoms with Gasteiger partial charge in [-0.15, -0.1) is 12.4 Å². The third-order valence-electron chi connectivity index (χ3n) is 6.01. The molecule has 5 nitrogen and oxygen atoms in total. The lowest BCUT2D eigenvalue weighted by atomic mass is 9.85. The number of carbonyl (C=O) groups is 2. The zero-order valence-electron chi connectivity index (χ0n) is 14.3. The standard InChI is InChI=1S/C19H24N2O3.ClH/c22-18(20-10-9-13-5-1-3-7-15(13)20)12-21-16-8-4-2-6-14(16)11-17(21)19(23)24;/h1,3,5,7,14,16-17H,2,4,6,8-12H2,(H,23,24);1H. The molecule has 2 fully saturated rings. The molecule has 3 aliphatic rings. The average molecular weight is 365 g/mol. The molecule has 1 aromatic rings. The lowest BCUT2D eigenvalue weighted by molar-refractivity contribution is -0.143. The first kappa shape index (κ1) is 18.2. The molecule has 3 unspecified atom stereocenters. The molecule has 3 atom stereocenters. The summed E-state index contributed by atoms with van der Waals surface area (Å²) in [5, 5.41) is 9.60. The van der Waals surface area contributed by atoms with Crippen LogP contribution >= 0.6 is 12.4 Å². The van der Waals surface area contributed by atoms with Gasteiger partial charge in [-0.25, -0.2) is 0 Å². The highest BCUT2D eigenvalue weighted by molar-refractivity contribution is 5.97. The van der Waals surface area contributed by atoms with Crippen molar-refractivity contribution in [3.63, 3.8) is 0 Å². The number of fused-ring (bicyclic) bond motifs is 2. The second kappa shape index (κ2) is 7.34. The topological polar surface area (TPSA) is 60.9 Å². The largest absolute Gasteiger partial charge is 0.480 e. The molecule has 2 aliphatic heterocycles. The molecule has 1 aromatic carbocycles. The molecule has 1 saturated heterocycles. The summed E-state index contributed by atoms with van der Waals surface area (Å²) < 4.78 is 0. The van der Waals surface area contributed by atoms with Crippen LogP contribution in [0.2, 0.25) is 0 Å². The van der Waals surface area contributed by atoms with E-state index in [1.807, 2.05) is 28.0 Å². The summed E-state index contributed by atoms with van der Waals surface area (Å²) >= 11 is 0. The van der Waals surface area contributed by atoms with Crippen LogP contribution in [0.5, 0.6) is 0 Å². The van der Waals surface area contributed by atoms with Crippen molar-refractivity contribution < 1.29 is 14.7 Å². The van der Waals surface area contributed by atoms with Crippen molar-refractivity contribution in [1.82, 2.24) is 4.90 Å². The van der Waals surface area contributed by atoms with Gasteiger partial charge in [-0.05, 0) is 43.2 Å². The van der Waals surface area contributed by atoms with E-state index >= 15 is 0 Å². The normalized spacial score (nSPS) is 28.2. The molecule has 25 heavy (non-hydrogen) atoms. The van der Waals surface area contributed by atoms with Crippen molar-refractivity contribution >= 4 is 30.0 Å². The van der Waals surface area contributed by atoms with Gasteiger partial charge in [0.05, 0.1) is 6.54 Å². The SMILES string of the molecule is Cl.O=C(O)C1CC2CCCCC2N1CC(=O)N1CCc2ccccc21. The van der Waals surface area contributed by atoms with E-state index in [2.05, 4.69) is 6.07 Å². The third-order valence-corrected chi connectivity index (χ3v) is 6.01. The Morgan fingerprint density at radius 3 is 2.72 bits per heavy atom. The lowest BCUT2D eigenvalue weighted by Gasteiger charge is -2.33. The summed E-state index contributed by atoms with van der Waals surface area (Å²) in [5.41, 5.74) is 2.20. The van der Waals surface area contributed by atoms with Crippen molar-refractivity contribution in [2.24, 2.45) is 5.92 Å². The number of rotatable bonds is 3. The number of carboxylic acid groups (broad SMARTS) is 1. The number of hydrogen-bond donors (Lipinski definition) is 1. The Bertz CT molecular complexity index is 666. The molecule has 2 heterocycles. The number of hydrogen-bond acceptors (Lipinski definition) is 3. The summed E-state index contributed by atoms with van der Waals surface area (Å²) in [5.74, 6) is -0.296. The number of aliphatic carboxylic acids is 1. The highest BCUT2D eigenvalue weighted by Gasteiger charge is 2.46. The zero-order valence-corrected chi connectivity index (χ0v) is 15.1. The van der Waals surface area contributed by atoms with Gasteiger partial charge in [-0.3, -0.25) is 14.5 Å². The van der Waals surface area contributed by atoms with Crippen LogP contribution in [0.3, 0.4) is 0 Å². The molecule has 1 N–H and O–H groups in total. The van der Waals surface area contributed by atoms with Crippen LogP contribution in [0.4, 0.5) is 5.69 Å². The fourth-order valence-corrected chi connectivity index (χ4v) is 4.86. The highest BCUT2D eigenvalue weighted by atomic mass is 35.5. The molecule has 0 spiro atoms. The van der Waals surface area contributed by atoms with Crippen LogP contribution in [0.25, 0.3) is 0 Å². The van der Waals surface area contributed by atoms with E-state index < -0.39 is 12.0 Å². The number of carboxylic acids is 1. The highest BCUT2D eigenvalue weighted by Crippen LogP contribution is 2.40. The van der Waals surface area contributed by atoms with Gasteiger partial charge >= 0.3 is 5.97 Å². The molecule has 4 rings (SSSR count). The minimum atomic E-state index is -0.779. The van der Waals surface area contributed by atoms with Crippen molar-refractivity contribution in [3.05, 3.63) is 29.8 Å². The fourth-order valence-electron chi connectivity index (χ4n) is 4.86. The van der Waals surface area contributed by atoms with Gasteiger partial charge in [0.25, 0.3) is 0 Å². The van der Waals surface area contributed by atoms with Crippen molar-refractivity contribution in [2.45, 2.75) is 50.6 Å². The Balaban J connectivity index is 0.00000182. The van der Waals surface area contributed by atoms with Gasteiger partial charge in [-0.2, -0.15) is 0 Å². The maximum Gasteiger partial charge on any atom is 0.320 e. The Hall–Kier alpha value is -1.59. The first-order chi connectivity index (χ1) is 11.6. The summed E-state index contributed by atoms with van der Waals surface area (Å²) in [4.78, 5) is 28.4. The van der Waals surface area contributed by atoms with E-state index in [-0.39, 0.29) is 30.9 Å². The number of benzene rings is 1. The van der Waals surface area contributed by atoms with E-state index in [4.69, 9.17) is 0 Å². The molecule has 0 aromatic heterocycles. The van der Waals surface area contributed by atoms with Crippen LogP contribution in [0.15, 0.2) is 24.3 Å². The Morgan fingerprint density at radius 1 is 1.16 bits per heavy atom. The number of amides is 1. The number of anilines is 1. The number of likely N-dealkylation sites (tertiary alicyclic amines) is 1. The lowest BCUT2D eigenvalue weighted by Crippen LogP contribution is -2.48. The van der Waals surface area contributed by atoms with E-state index in [1.54, 1.807) is 0 Å². The molecule has 0 bridgehead atoms. The summed E-state index contributed by atoms with van der Waals surface area (Å²) in [6, 6.07) is 7.78. The van der Waals surface area contributed by atoms with Crippen LogP contribution < -0.4 is 4.90 Å². The molecular weight excluding hydrogens is 340 g/mol. The molecule has 1 aliphatic carbocycles. The monoisotopic (exact) mass is 364 g/mol. The van der Waals surface area contributed by atoms with Crippen LogP contribution in [0.1, 0.15) is 37.7 Å². The number of nitrogens with zero attached hydrogens (tertiary/aromatic N) is 2. The van der Waals surface area contributed by atoms with Gasteiger partial charge in [0.15, 0.2) is 0 Å². The number of halogens is 1.